The first kappa shape index (κ1) is 9.96. The van der Waals surface area contributed by atoms with E-state index in [4.69, 9.17) is 35.0 Å². The highest BCUT2D eigenvalue weighted by Gasteiger charge is 2.14. The van der Waals surface area contributed by atoms with Crippen LogP contribution in [0.4, 0.5) is 4.39 Å². The average molecular weight is 254 g/mol. The Bertz CT molecular complexity index is 502. The lowest BCUT2D eigenvalue weighted by molar-refractivity contribution is 0.539. The summed E-state index contributed by atoms with van der Waals surface area (Å²) in [6.07, 6.45) is 1.63. The van der Waals surface area contributed by atoms with Gasteiger partial charge in [-0.15, -0.1) is 0 Å². The van der Waals surface area contributed by atoms with Crippen LogP contribution in [-0.2, 0) is 0 Å². The molecule has 1 aromatic heterocycles. The van der Waals surface area contributed by atoms with Crippen LogP contribution in [0.25, 0.3) is 12.0 Å². The van der Waals surface area contributed by atoms with E-state index in [9.17, 15) is 4.39 Å². The summed E-state index contributed by atoms with van der Waals surface area (Å²) in [7, 11) is 0. The molecule has 7 heteroatoms. The van der Waals surface area contributed by atoms with E-state index < -0.39 is 5.95 Å². The molecule has 0 atom stereocenters. The van der Waals surface area contributed by atoms with Crippen molar-refractivity contribution < 1.29 is 4.39 Å². The first-order valence-corrected chi connectivity index (χ1v) is 4.71. The Morgan fingerprint density at radius 1 is 1.36 bits per heavy atom. The summed E-state index contributed by atoms with van der Waals surface area (Å²) in [5, 5.41) is 0.464. The molecule has 0 fully saturated rings. The molecule has 0 radical (unpaired) electrons. The minimum Gasteiger partial charge on any atom is -0.255 e. The molecule has 0 amide bonds. The van der Waals surface area contributed by atoms with Crippen molar-refractivity contribution in [3.8, 4) is 0 Å². The van der Waals surface area contributed by atoms with Crippen molar-refractivity contribution in [1.82, 2.24) is 14.4 Å². The highest BCUT2D eigenvalue weighted by atomic mass is 35.5. The standard InChI is InChI=1S/C7H3Cl3FN3/c8-5-3-1-2-14(10)6(11)4(3)12-7(9)13-5/h1H,2H2. The van der Waals surface area contributed by atoms with E-state index in [1.54, 1.807) is 6.08 Å². The smallest absolute Gasteiger partial charge is 0.231 e. The highest BCUT2D eigenvalue weighted by molar-refractivity contribution is 6.31. The zero-order valence-corrected chi connectivity index (χ0v) is 8.91. The summed E-state index contributed by atoms with van der Waals surface area (Å²) in [6, 6.07) is 0. The van der Waals surface area contributed by atoms with Gasteiger partial charge in [0.05, 0.1) is 6.54 Å². The van der Waals surface area contributed by atoms with Gasteiger partial charge in [0.25, 0.3) is 0 Å². The van der Waals surface area contributed by atoms with Crippen molar-refractivity contribution >= 4 is 47.0 Å². The predicted octanol–water partition coefficient (Wildman–Crippen LogP) is 1.07. The Hall–Kier alpha value is -0.580. The molecule has 3 nitrogen and oxygen atoms in total. The van der Waals surface area contributed by atoms with Crippen molar-refractivity contribution in [2.45, 2.75) is 0 Å². The van der Waals surface area contributed by atoms with Gasteiger partial charge in [0.2, 0.25) is 11.2 Å². The number of fused-ring (bicyclic) bond motifs is 1. The summed E-state index contributed by atoms with van der Waals surface area (Å²) >= 11 is 16.8. The lowest BCUT2D eigenvalue weighted by Gasteiger charge is -2.13. The van der Waals surface area contributed by atoms with Crippen molar-refractivity contribution in [3.63, 3.8) is 0 Å². The molecular weight excluding hydrogens is 251 g/mol. The lowest BCUT2D eigenvalue weighted by atomic mass is 10.3. The van der Waals surface area contributed by atoms with Crippen LogP contribution in [0.5, 0.6) is 0 Å². The molecule has 0 aromatic carbocycles. The molecule has 1 aromatic rings. The fourth-order valence-electron chi connectivity index (χ4n) is 1.12. The number of hydrogen-bond acceptors (Lipinski definition) is 3. The molecule has 0 saturated carbocycles. The van der Waals surface area contributed by atoms with Crippen LogP contribution < -0.4 is 10.6 Å². The van der Waals surface area contributed by atoms with E-state index in [-0.39, 0.29) is 22.3 Å². The molecule has 1 aliphatic heterocycles. The third kappa shape index (κ3) is 1.54. The second-order valence-corrected chi connectivity index (χ2v) is 3.69. The molecular formula is C7H3Cl3FN3. The molecule has 0 saturated heterocycles. The number of hydrogen-bond donors (Lipinski definition) is 0. The molecule has 0 spiro atoms. The van der Waals surface area contributed by atoms with Crippen molar-refractivity contribution in [1.29, 1.82) is 0 Å². The van der Waals surface area contributed by atoms with Gasteiger partial charge < -0.3 is 0 Å². The first-order chi connectivity index (χ1) is 6.59. The summed E-state index contributed by atoms with van der Waals surface area (Å²) in [6.45, 7) is 0.213. The fraction of sp³-hybridized carbons (Fsp3) is 0.143. The second kappa shape index (κ2) is 3.53. The van der Waals surface area contributed by atoms with E-state index >= 15 is 0 Å². The quantitative estimate of drug-likeness (QED) is 0.300. The predicted molar refractivity (Wildman–Crippen MR) is 52.8 cm³/mol. The maximum atomic E-state index is 13.4. The Balaban J connectivity index is 2.90. The third-order valence-electron chi connectivity index (χ3n) is 1.74. The van der Waals surface area contributed by atoms with Crippen LogP contribution in [0, 0.1) is 0 Å². The summed E-state index contributed by atoms with van der Waals surface area (Å²) in [5.41, 5.74) is 0. The summed E-state index contributed by atoms with van der Waals surface area (Å²) in [4.78, 5) is 7.40. The van der Waals surface area contributed by atoms with E-state index in [0.717, 1.165) is 4.42 Å². The summed E-state index contributed by atoms with van der Waals surface area (Å²) < 4.78 is 14.3. The maximum Gasteiger partial charge on any atom is 0.231 e. The SMILES string of the molecule is FC1=c2nc(Cl)nc(Cl)c2=CCN1Cl. The van der Waals surface area contributed by atoms with Crippen molar-refractivity contribution in [3.05, 3.63) is 21.0 Å². The minimum atomic E-state index is -0.671. The van der Waals surface area contributed by atoms with E-state index in [0.29, 0.717) is 5.22 Å². The number of halogens is 4. The second-order valence-electron chi connectivity index (χ2n) is 2.59. The molecule has 2 heterocycles. The topological polar surface area (TPSA) is 29.0 Å². The van der Waals surface area contributed by atoms with Crippen molar-refractivity contribution in [2.24, 2.45) is 0 Å². The van der Waals surface area contributed by atoms with Gasteiger partial charge in [0.1, 0.15) is 10.5 Å². The fourth-order valence-corrected chi connectivity index (χ4v) is 1.73. The summed E-state index contributed by atoms with van der Waals surface area (Å²) in [5.74, 6) is -0.671. The normalized spacial score (nSPS) is 15.1. The van der Waals surface area contributed by atoms with Gasteiger partial charge in [-0.3, -0.25) is 4.42 Å². The minimum absolute atomic E-state index is 0.0243. The zero-order valence-electron chi connectivity index (χ0n) is 6.64. The van der Waals surface area contributed by atoms with Gasteiger partial charge in [0.15, 0.2) is 0 Å². The van der Waals surface area contributed by atoms with Crippen LogP contribution in [0.3, 0.4) is 0 Å². The Labute approximate surface area is 93.5 Å². The Morgan fingerprint density at radius 3 is 2.79 bits per heavy atom. The number of rotatable bonds is 0. The largest absolute Gasteiger partial charge is 0.255 e. The Kier molecular flexibility index (Phi) is 2.51. The maximum absolute atomic E-state index is 13.4. The van der Waals surface area contributed by atoms with Gasteiger partial charge >= 0.3 is 0 Å². The Morgan fingerprint density at radius 2 is 2.07 bits per heavy atom. The van der Waals surface area contributed by atoms with Crippen LogP contribution in [0.2, 0.25) is 10.4 Å². The molecule has 2 rings (SSSR count). The van der Waals surface area contributed by atoms with Crippen LogP contribution in [-0.4, -0.2) is 20.9 Å². The van der Waals surface area contributed by atoms with Gasteiger partial charge in [-0.2, -0.15) is 4.39 Å². The van der Waals surface area contributed by atoms with E-state index in [1.165, 1.54) is 0 Å². The van der Waals surface area contributed by atoms with Crippen LogP contribution in [0.15, 0.2) is 0 Å². The molecule has 1 aliphatic rings. The van der Waals surface area contributed by atoms with Gasteiger partial charge in [0, 0.05) is 17.0 Å². The molecule has 0 N–H and O–H groups in total. The van der Waals surface area contributed by atoms with Gasteiger partial charge in [-0.25, -0.2) is 9.97 Å². The van der Waals surface area contributed by atoms with Crippen LogP contribution >= 0.6 is 35.0 Å². The molecule has 14 heavy (non-hydrogen) atoms. The molecule has 74 valence electrons. The van der Waals surface area contributed by atoms with E-state index in [2.05, 4.69) is 9.97 Å². The van der Waals surface area contributed by atoms with Crippen molar-refractivity contribution in [2.75, 3.05) is 6.54 Å². The zero-order chi connectivity index (χ0) is 10.3. The third-order valence-corrected chi connectivity index (χ3v) is 2.48. The molecule has 0 bridgehead atoms. The molecule has 0 aliphatic carbocycles. The number of nitrogens with zero attached hydrogens (tertiary/aromatic N) is 3. The van der Waals surface area contributed by atoms with Gasteiger partial charge in [-0.05, 0) is 11.6 Å². The van der Waals surface area contributed by atoms with E-state index in [1.807, 2.05) is 0 Å². The van der Waals surface area contributed by atoms with Gasteiger partial charge in [-0.1, -0.05) is 17.7 Å². The lowest BCUT2D eigenvalue weighted by Crippen LogP contribution is -2.39. The molecule has 0 unspecified atom stereocenters. The monoisotopic (exact) mass is 253 g/mol. The average Bonchev–Trinajstić information content (AvgIpc) is 2.12. The van der Waals surface area contributed by atoms with Crippen LogP contribution in [0.1, 0.15) is 0 Å². The number of aromatic nitrogens is 2. The first-order valence-electron chi connectivity index (χ1n) is 3.62. The highest BCUT2D eigenvalue weighted by Crippen LogP contribution is 2.11.